The smallest absolute Gasteiger partial charge is 0.307 e. The van der Waals surface area contributed by atoms with Crippen molar-refractivity contribution in [1.82, 2.24) is 0 Å². The van der Waals surface area contributed by atoms with Crippen LogP contribution in [0.25, 0.3) is 0 Å². The number of hydrogen-bond acceptors (Lipinski definition) is 1. The van der Waals surface area contributed by atoms with E-state index in [9.17, 15) is 9.90 Å². The molecule has 1 atom stereocenters. The van der Waals surface area contributed by atoms with Gasteiger partial charge in [0.25, 0.3) is 0 Å². The van der Waals surface area contributed by atoms with Crippen molar-refractivity contribution in [3.63, 3.8) is 0 Å². The van der Waals surface area contributed by atoms with E-state index < -0.39 is 5.97 Å². The Morgan fingerprint density at radius 2 is 1.53 bits per heavy atom. The van der Waals surface area contributed by atoms with E-state index in [0.717, 1.165) is 12.0 Å². The lowest BCUT2D eigenvalue weighted by molar-refractivity contribution is -0.145. The van der Waals surface area contributed by atoms with Crippen LogP contribution in [0, 0.1) is 11.3 Å². The highest BCUT2D eigenvalue weighted by molar-refractivity contribution is 5.71. The van der Waals surface area contributed by atoms with E-state index in [1.807, 2.05) is 46.8 Å². The molecule has 1 aromatic rings. The summed E-state index contributed by atoms with van der Waals surface area (Å²) in [4.78, 5) is 11.3. The van der Waals surface area contributed by atoms with Gasteiger partial charge in [-0.05, 0) is 29.4 Å². The molecule has 19 heavy (non-hydrogen) atoms. The van der Waals surface area contributed by atoms with Crippen LogP contribution in [-0.2, 0) is 17.6 Å². The second kappa shape index (κ2) is 7.98. The van der Waals surface area contributed by atoms with E-state index in [4.69, 9.17) is 0 Å². The number of carbonyl (C=O) groups is 1. The van der Waals surface area contributed by atoms with Crippen LogP contribution in [0.5, 0.6) is 0 Å². The standard InChI is InChI=1S/C15H22O2.C2H6/c1-5-11-6-8-12(9-7-11)10-13(14(16)17)15(2,3)4;1-2/h6-9,13H,5,10H2,1-4H3,(H,16,17);1-2H3. The van der Waals surface area contributed by atoms with Crippen LogP contribution in [0.4, 0.5) is 0 Å². The monoisotopic (exact) mass is 264 g/mol. The Morgan fingerprint density at radius 1 is 1.11 bits per heavy atom. The lowest BCUT2D eigenvalue weighted by atomic mass is 9.77. The summed E-state index contributed by atoms with van der Waals surface area (Å²) in [6.07, 6.45) is 1.62. The Morgan fingerprint density at radius 3 is 1.84 bits per heavy atom. The summed E-state index contributed by atoms with van der Waals surface area (Å²) >= 11 is 0. The molecule has 0 aliphatic carbocycles. The molecule has 0 saturated heterocycles. The quantitative estimate of drug-likeness (QED) is 0.865. The van der Waals surface area contributed by atoms with E-state index in [0.29, 0.717) is 6.42 Å². The summed E-state index contributed by atoms with van der Waals surface area (Å²) < 4.78 is 0. The minimum absolute atomic E-state index is 0.213. The van der Waals surface area contributed by atoms with Crippen LogP contribution in [0.3, 0.4) is 0 Å². The third kappa shape index (κ3) is 5.91. The zero-order chi connectivity index (χ0) is 15.1. The van der Waals surface area contributed by atoms with Gasteiger partial charge >= 0.3 is 5.97 Å². The predicted molar refractivity (Wildman–Crippen MR) is 81.5 cm³/mol. The normalized spacial score (nSPS) is 12.3. The van der Waals surface area contributed by atoms with Crippen molar-refractivity contribution in [2.75, 3.05) is 0 Å². The first kappa shape index (κ1) is 17.7. The van der Waals surface area contributed by atoms with Crippen LogP contribution >= 0.6 is 0 Å². The number of carboxylic acids is 1. The van der Waals surface area contributed by atoms with Gasteiger partial charge in [-0.1, -0.05) is 65.8 Å². The molecule has 0 aromatic heterocycles. The van der Waals surface area contributed by atoms with E-state index in [1.165, 1.54) is 5.56 Å². The van der Waals surface area contributed by atoms with Gasteiger partial charge in [-0.2, -0.15) is 0 Å². The molecule has 0 fully saturated rings. The molecule has 1 rings (SSSR count). The molecule has 0 radical (unpaired) electrons. The molecular formula is C17H28O2. The number of carboxylic acid groups (broad SMARTS) is 1. The average molecular weight is 264 g/mol. The highest BCUT2D eigenvalue weighted by Gasteiger charge is 2.30. The maximum absolute atomic E-state index is 11.3. The van der Waals surface area contributed by atoms with Gasteiger partial charge in [0.15, 0.2) is 0 Å². The molecule has 0 saturated carbocycles. The Bertz CT molecular complexity index is 371. The fourth-order valence-corrected chi connectivity index (χ4v) is 1.91. The average Bonchev–Trinajstić information content (AvgIpc) is 2.37. The molecule has 0 spiro atoms. The number of aliphatic carboxylic acids is 1. The molecule has 0 heterocycles. The number of aryl methyl sites for hydroxylation is 1. The molecule has 0 aliphatic rings. The van der Waals surface area contributed by atoms with Gasteiger partial charge in [0.2, 0.25) is 0 Å². The number of benzene rings is 1. The summed E-state index contributed by atoms with van der Waals surface area (Å²) in [5.74, 6) is -1.05. The third-order valence-electron chi connectivity index (χ3n) is 3.21. The molecule has 2 nitrogen and oxygen atoms in total. The van der Waals surface area contributed by atoms with Crippen molar-refractivity contribution in [2.24, 2.45) is 11.3 Å². The van der Waals surface area contributed by atoms with Crippen LogP contribution in [0.2, 0.25) is 0 Å². The molecule has 1 unspecified atom stereocenters. The molecule has 1 aromatic carbocycles. The van der Waals surface area contributed by atoms with Crippen molar-refractivity contribution in [1.29, 1.82) is 0 Å². The minimum atomic E-state index is -0.711. The second-order valence-corrected chi connectivity index (χ2v) is 5.63. The van der Waals surface area contributed by atoms with Crippen LogP contribution in [0.15, 0.2) is 24.3 Å². The Balaban J connectivity index is 0.00000154. The fraction of sp³-hybridized carbons (Fsp3) is 0.588. The molecule has 0 bridgehead atoms. The van der Waals surface area contributed by atoms with Gasteiger partial charge in [0.1, 0.15) is 0 Å². The number of rotatable bonds is 4. The van der Waals surface area contributed by atoms with Gasteiger partial charge in [-0.3, -0.25) is 4.79 Å². The highest BCUT2D eigenvalue weighted by Crippen LogP contribution is 2.29. The summed E-state index contributed by atoms with van der Waals surface area (Å²) in [6.45, 7) is 12.1. The zero-order valence-electron chi connectivity index (χ0n) is 13.2. The fourth-order valence-electron chi connectivity index (χ4n) is 1.91. The maximum Gasteiger partial charge on any atom is 0.307 e. The van der Waals surface area contributed by atoms with Gasteiger partial charge in [0.05, 0.1) is 5.92 Å². The molecule has 1 N–H and O–H groups in total. The summed E-state index contributed by atoms with van der Waals surface area (Å²) in [6, 6.07) is 8.24. The van der Waals surface area contributed by atoms with E-state index in [1.54, 1.807) is 0 Å². The predicted octanol–water partition coefficient (Wildman–Crippen LogP) is 4.56. The third-order valence-corrected chi connectivity index (χ3v) is 3.21. The van der Waals surface area contributed by atoms with Gasteiger partial charge in [-0.25, -0.2) is 0 Å². The van der Waals surface area contributed by atoms with Crippen molar-refractivity contribution in [2.45, 2.75) is 54.4 Å². The van der Waals surface area contributed by atoms with E-state index in [2.05, 4.69) is 19.1 Å². The van der Waals surface area contributed by atoms with Crippen molar-refractivity contribution in [3.8, 4) is 0 Å². The lowest BCUT2D eigenvalue weighted by Gasteiger charge is -2.27. The summed E-state index contributed by atoms with van der Waals surface area (Å²) in [5, 5.41) is 9.27. The first-order valence-corrected chi connectivity index (χ1v) is 7.15. The largest absolute Gasteiger partial charge is 0.481 e. The lowest BCUT2D eigenvalue weighted by Crippen LogP contribution is -2.30. The summed E-state index contributed by atoms with van der Waals surface area (Å²) in [7, 11) is 0. The first-order valence-electron chi connectivity index (χ1n) is 7.15. The summed E-state index contributed by atoms with van der Waals surface area (Å²) in [5.41, 5.74) is 2.18. The van der Waals surface area contributed by atoms with Crippen molar-refractivity contribution < 1.29 is 9.90 Å². The van der Waals surface area contributed by atoms with Crippen LogP contribution in [0.1, 0.15) is 52.7 Å². The maximum atomic E-state index is 11.3. The molecule has 108 valence electrons. The highest BCUT2D eigenvalue weighted by atomic mass is 16.4. The van der Waals surface area contributed by atoms with Crippen molar-refractivity contribution >= 4 is 5.97 Å². The van der Waals surface area contributed by atoms with Gasteiger partial charge in [-0.15, -0.1) is 0 Å². The van der Waals surface area contributed by atoms with Crippen LogP contribution in [-0.4, -0.2) is 11.1 Å². The Kier molecular flexibility index (Phi) is 7.43. The SMILES string of the molecule is CC.CCc1ccc(CC(C(=O)O)C(C)(C)C)cc1. The molecule has 2 heteroatoms. The van der Waals surface area contributed by atoms with Crippen molar-refractivity contribution in [3.05, 3.63) is 35.4 Å². The zero-order valence-corrected chi connectivity index (χ0v) is 13.2. The molecule has 0 aliphatic heterocycles. The minimum Gasteiger partial charge on any atom is -0.481 e. The van der Waals surface area contributed by atoms with Gasteiger partial charge < -0.3 is 5.11 Å². The number of hydrogen-bond donors (Lipinski definition) is 1. The van der Waals surface area contributed by atoms with Gasteiger partial charge in [0, 0.05) is 0 Å². The van der Waals surface area contributed by atoms with E-state index >= 15 is 0 Å². The topological polar surface area (TPSA) is 37.3 Å². The Labute approximate surface area is 117 Å². The molecular weight excluding hydrogens is 236 g/mol. The van der Waals surface area contributed by atoms with Crippen LogP contribution < -0.4 is 0 Å². The molecule has 0 amide bonds. The first-order chi connectivity index (χ1) is 8.84. The second-order valence-electron chi connectivity index (χ2n) is 5.63. The Hall–Kier alpha value is -1.31. The van der Waals surface area contributed by atoms with E-state index in [-0.39, 0.29) is 11.3 Å².